The lowest BCUT2D eigenvalue weighted by molar-refractivity contribution is -0.385. The van der Waals surface area contributed by atoms with E-state index in [-0.39, 0.29) is 24.2 Å². The summed E-state index contributed by atoms with van der Waals surface area (Å²) in [5, 5.41) is 21.1. The number of hydrogen-bond donors (Lipinski definition) is 1. The molecule has 0 aliphatic rings. The second-order valence-electron chi connectivity index (χ2n) is 6.96. The van der Waals surface area contributed by atoms with Gasteiger partial charge in [-0.2, -0.15) is 0 Å². The van der Waals surface area contributed by atoms with E-state index < -0.39 is 10.9 Å². The van der Waals surface area contributed by atoms with Gasteiger partial charge in [0.25, 0.3) is 5.69 Å². The molecule has 0 radical (unpaired) electrons. The first kappa shape index (κ1) is 21.0. The van der Waals surface area contributed by atoms with E-state index in [0.717, 1.165) is 17.8 Å². The van der Waals surface area contributed by atoms with Crippen LogP contribution in [0.1, 0.15) is 36.0 Å². The van der Waals surface area contributed by atoms with Crippen molar-refractivity contribution in [2.75, 3.05) is 0 Å². The molecular weight excluding hydrogens is 382 g/mol. The third kappa shape index (κ3) is 5.00. The van der Waals surface area contributed by atoms with Crippen molar-refractivity contribution in [2.45, 2.75) is 32.7 Å². The number of benzene rings is 2. The topological polar surface area (TPSA) is 98.3 Å². The van der Waals surface area contributed by atoms with Crippen LogP contribution >= 0.6 is 0 Å². The third-order valence-corrected chi connectivity index (χ3v) is 4.79. The van der Waals surface area contributed by atoms with Gasteiger partial charge in [0.05, 0.1) is 23.4 Å². The SMILES string of the molecule is CCCc1ncc(/C=C(\Cc2ccccc2)C(=O)O)n1Cc1ccccc1[N+](=O)[O-]. The molecule has 0 bridgehead atoms. The molecule has 0 spiro atoms. The van der Waals surface area contributed by atoms with Gasteiger partial charge in [0.15, 0.2) is 0 Å². The number of nitro groups is 1. The molecule has 0 amide bonds. The van der Waals surface area contributed by atoms with Gasteiger partial charge in [0.1, 0.15) is 5.82 Å². The van der Waals surface area contributed by atoms with E-state index in [1.807, 2.05) is 41.8 Å². The molecule has 0 unspecified atom stereocenters. The Bertz CT molecular complexity index is 1070. The lowest BCUT2D eigenvalue weighted by atomic mass is 10.0. The van der Waals surface area contributed by atoms with Crippen LogP contribution in [-0.2, 0) is 24.2 Å². The van der Waals surface area contributed by atoms with Crippen molar-refractivity contribution in [3.05, 3.63) is 99.1 Å². The molecule has 0 saturated heterocycles. The molecule has 7 nitrogen and oxygen atoms in total. The molecule has 0 aliphatic carbocycles. The molecule has 30 heavy (non-hydrogen) atoms. The number of nitrogens with zero attached hydrogens (tertiary/aromatic N) is 3. The second kappa shape index (κ2) is 9.65. The number of hydrogen-bond acceptors (Lipinski definition) is 4. The van der Waals surface area contributed by atoms with Gasteiger partial charge in [0.2, 0.25) is 0 Å². The van der Waals surface area contributed by atoms with Gasteiger partial charge in [-0.25, -0.2) is 9.78 Å². The van der Waals surface area contributed by atoms with Crippen LogP contribution in [-0.4, -0.2) is 25.6 Å². The van der Waals surface area contributed by atoms with Crippen LogP contribution in [0.2, 0.25) is 0 Å². The number of carboxylic acid groups (broad SMARTS) is 1. The Kier molecular flexibility index (Phi) is 6.75. The van der Waals surface area contributed by atoms with Crippen molar-refractivity contribution >= 4 is 17.7 Å². The van der Waals surface area contributed by atoms with Gasteiger partial charge in [0, 0.05) is 30.0 Å². The molecule has 0 atom stereocenters. The van der Waals surface area contributed by atoms with E-state index in [2.05, 4.69) is 4.98 Å². The van der Waals surface area contributed by atoms with Crippen molar-refractivity contribution in [2.24, 2.45) is 0 Å². The normalized spacial score (nSPS) is 11.4. The molecule has 0 aliphatic heterocycles. The fourth-order valence-electron chi connectivity index (χ4n) is 3.33. The number of aryl methyl sites for hydroxylation is 1. The van der Waals surface area contributed by atoms with E-state index in [1.165, 1.54) is 6.07 Å². The number of aromatic nitrogens is 2. The van der Waals surface area contributed by atoms with E-state index in [0.29, 0.717) is 17.7 Å². The van der Waals surface area contributed by atoms with Gasteiger partial charge in [-0.3, -0.25) is 10.1 Å². The molecule has 0 saturated carbocycles. The van der Waals surface area contributed by atoms with E-state index in [9.17, 15) is 20.0 Å². The maximum atomic E-state index is 11.9. The molecule has 3 rings (SSSR count). The molecule has 1 aromatic heterocycles. The first-order valence-electron chi connectivity index (χ1n) is 9.74. The first-order chi connectivity index (χ1) is 14.5. The lowest BCUT2D eigenvalue weighted by Gasteiger charge is -2.11. The number of carboxylic acids is 1. The highest BCUT2D eigenvalue weighted by Crippen LogP contribution is 2.22. The Balaban J connectivity index is 2.02. The van der Waals surface area contributed by atoms with Crippen LogP contribution in [0.25, 0.3) is 6.08 Å². The van der Waals surface area contributed by atoms with Crippen LogP contribution in [0.15, 0.2) is 66.4 Å². The standard InChI is InChI=1S/C23H23N3O4/c1-2-8-22-24-15-20(14-19(23(27)28)13-17-9-4-3-5-10-17)25(22)16-18-11-6-7-12-21(18)26(29)30/h3-7,9-12,14-15H,2,8,13,16H2,1H3,(H,27,28)/b19-14+. The Morgan fingerprint density at radius 1 is 1.17 bits per heavy atom. The predicted molar refractivity (Wildman–Crippen MR) is 114 cm³/mol. The second-order valence-corrected chi connectivity index (χ2v) is 6.96. The largest absolute Gasteiger partial charge is 0.478 e. The maximum Gasteiger partial charge on any atom is 0.331 e. The molecule has 3 aromatic rings. The van der Waals surface area contributed by atoms with Crippen LogP contribution in [0.3, 0.4) is 0 Å². The fraction of sp³-hybridized carbons (Fsp3) is 0.217. The smallest absolute Gasteiger partial charge is 0.331 e. The number of carbonyl (C=O) groups is 1. The van der Waals surface area contributed by atoms with Gasteiger partial charge >= 0.3 is 5.97 Å². The zero-order valence-electron chi connectivity index (χ0n) is 16.7. The highest BCUT2D eigenvalue weighted by molar-refractivity contribution is 5.92. The van der Waals surface area contributed by atoms with Crippen LogP contribution < -0.4 is 0 Å². The number of aliphatic carboxylic acids is 1. The number of para-hydroxylation sites is 1. The molecule has 0 fully saturated rings. The van der Waals surface area contributed by atoms with Crippen molar-refractivity contribution in [3.8, 4) is 0 Å². The summed E-state index contributed by atoms with van der Waals surface area (Å²) in [5.74, 6) is -0.235. The minimum absolute atomic E-state index is 0.0336. The van der Waals surface area contributed by atoms with E-state index in [1.54, 1.807) is 30.5 Å². The summed E-state index contributed by atoms with van der Waals surface area (Å²) >= 11 is 0. The molecule has 154 valence electrons. The van der Waals surface area contributed by atoms with Crippen molar-refractivity contribution in [3.63, 3.8) is 0 Å². The van der Waals surface area contributed by atoms with Gasteiger partial charge in [-0.1, -0.05) is 55.5 Å². The average Bonchev–Trinajstić information content (AvgIpc) is 3.10. The maximum absolute atomic E-state index is 11.9. The molecule has 1 N–H and O–H groups in total. The molecular formula is C23H23N3O4. The highest BCUT2D eigenvalue weighted by Gasteiger charge is 2.17. The summed E-state index contributed by atoms with van der Waals surface area (Å²) in [6.45, 7) is 2.27. The van der Waals surface area contributed by atoms with E-state index in [4.69, 9.17) is 0 Å². The Morgan fingerprint density at radius 3 is 2.53 bits per heavy atom. The van der Waals surface area contributed by atoms with Crippen LogP contribution in [0.5, 0.6) is 0 Å². The summed E-state index contributed by atoms with van der Waals surface area (Å²) in [5.41, 5.74) is 2.32. The summed E-state index contributed by atoms with van der Waals surface area (Å²) in [7, 11) is 0. The third-order valence-electron chi connectivity index (χ3n) is 4.79. The van der Waals surface area contributed by atoms with Crippen molar-refractivity contribution in [1.29, 1.82) is 0 Å². The zero-order chi connectivity index (χ0) is 21.5. The number of rotatable bonds is 9. The number of nitro benzene ring substituents is 1. The highest BCUT2D eigenvalue weighted by atomic mass is 16.6. The first-order valence-corrected chi connectivity index (χ1v) is 9.74. The predicted octanol–water partition coefficient (Wildman–Crippen LogP) is 4.50. The molecule has 2 aromatic carbocycles. The average molecular weight is 405 g/mol. The number of imidazole rings is 1. The Hall–Kier alpha value is -3.74. The summed E-state index contributed by atoms with van der Waals surface area (Å²) in [6.07, 6.45) is 5.06. The summed E-state index contributed by atoms with van der Waals surface area (Å²) < 4.78 is 1.86. The fourth-order valence-corrected chi connectivity index (χ4v) is 3.33. The van der Waals surface area contributed by atoms with Crippen LogP contribution in [0.4, 0.5) is 5.69 Å². The Labute approximate surface area is 174 Å². The molecule has 7 heteroatoms. The van der Waals surface area contributed by atoms with Gasteiger partial charge in [-0.05, 0) is 18.1 Å². The zero-order valence-corrected chi connectivity index (χ0v) is 16.7. The summed E-state index contributed by atoms with van der Waals surface area (Å²) in [4.78, 5) is 27.3. The quantitative estimate of drug-likeness (QED) is 0.321. The minimum Gasteiger partial charge on any atom is -0.478 e. The van der Waals surface area contributed by atoms with Crippen molar-refractivity contribution in [1.82, 2.24) is 9.55 Å². The Morgan fingerprint density at radius 2 is 1.87 bits per heavy atom. The monoisotopic (exact) mass is 405 g/mol. The van der Waals surface area contributed by atoms with E-state index >= 15 is 0 Å². The van der Waals surface area contributed by atoms with Crippen molar-refractivity contribution < 1.29 is 14.8 Å². The lowest BCUT2D eigenvalue weighted by Crippen LogP contribution is -2.10. The van der Waals surface area contributed by atoms with Gasteiger partial charge < -0.3 is 9.67 Å². The van der Waals surface area contributed by atoms with Crippen LogP contribution in [0, 0.1) is 10.1 Å². The molecule has 1 heterocycles. The summed E-state index contributed by atoms with van der Waals surface area (Å²) in [6, 6.07) is 15.9. The van der Waals surface area contributed by atoms with Gasteiger partial charge in [-0.15, -0.1) is 0 Å². The minimum atomic E-state index is -1.01.